The van der Waals surface area contributed by atoms with E-state index in [9.17, 15) is 0 Å². The number of rotatable bonds is 8. The number of nitrogens with zero attached hydrogens (tertiary/aromatic N) is 7. The summed E-state index contributed by atoms with van der Waals surface area (Å²) in [5, 5.41) is 8.40. The molecule has 11 nitrogen and oxygen atoms in total. The van der Waals surface area contributed by atoms with E-state index in [0.717, 1.165) is 0 Å². The topological polar surface area (TPSA) is 111 Å². The van der Waals surface area contributed by atoms with Gasteiger partial charge in [0.15, 0.2) is 27.8 Å². The standard InChI is InChI=1S/C28H42ClN7O4Si2/c1-27(2,3)41(7,8)37-16-21-20(40-42(9,10)28(4,5)6)15-22(38-21)35-17-30-23-24(35)31-26(29)32-25(23)39-36-19-14-12-11-13-18(19)33-34-36/h11-14,17,20-22H,15-16H2,1-10H3/t20-,21+,22+/m0/s1. The molecule has 0 radical (unpaired) electrons. The minimum atomic E-state index is -2.10. The second kappa shape index (κ2) is 10.9. The monoisotopic (exact) mass is 631 g/mol. The Balaban J connectivity index is 1.45. The van der Waals surface area contributed by atoms with E-state index in [1.54, 1.807) is 6.33 Å². The van der Waals surface area contributed by atoms with Gasteiger partial charge in [0.2, 0.25) is 5.28 Å². The number of para-hydroxylation sites is 1. The third-order valence-corrected chi connectivity index (χ3v) is 18.2. The molecule has 4 heterocycles. The molecule has 4 aromatic rings. The lowest BCUT2D eigenvalue weighted by Crippen LogP contribution is -2.48. The third-order valence-electron chi connectivity index (χ3n) is 9.01. The SMILES string of the molecule is CC(C)(C)[Si](C)(C)OC[C@H]1O[C@@H](n2cnc3c(On4nnc5ccccc54)nc(Cl)nc32)C[C@@H]1O[Si](C)(C)C(C)(C)C. The van der Waals surface area contributed by atoms with Crippen LogP contribution in [-0.4, -0.2) is 70.1 Å². The van der Waals surface area contributed by atoms with Crippen LogP contribution in [0.5, 0.6) is 5.88 Å². The fourth-order valence-electron chi connectivity index (χ4n) is 4.34. The van der Waals surface area contributed by atoms with Crippen LogP contribution in [0.1, 0.15) is 54.2 Å². The molecule has 5 rings (SSSR count). The lowest BCUT2D eigenvalue weighted by atomic mass is 10.2. The maximum atomic E-state index is 6.94. The molecule has 1 fully saturated rings. The van der Waals surface area contributed by atoms with E-state index in [1.165, 1.54) is 4.85 Å². The fourth-order valence-corrected chi connectivity index (χ4v) is 6.87. The molecule has 0 bridgehead atoms. The van der Waals surface area contributed by atoms with Gasteiger partial charge in [0.25, 0.3) is 5.88 Å². The predicted molar refractivity (Wildman–Crippen MR) is 168 cm³/mol. The molecule has 1 saturated heterocycles. The Labute approximate surface area is 254 Å². The molecule has 0 aliphatic carbocycles. The molecule has 1 aliphatic rings. The third kappa shape index (κ3) is 5.99. The second-order valence-electron chi connectivity index (χ2n) is 14.0. The second-order valence-corrected chi connectivity index (χ2v) is 23.9. The van der Waals surface area contributed by atoms with Crippen molar-refractivity contribution in [1.29, 1.82) is 0 Å². The molecule has 0 unspecified atom stereocenters. The smallest absolute Gasteiger partial charge is 0.281 e. The Bertz CT molecular complexity index is 1580. The Morgan fingerprint density at radius 3 is 2.38 bits per heavy atom. The number of imidazole rings is 1. The van der Waals surface area contributed by atoms with E-state index < -0.39 is 16.6 Å². The number of benzene rings is 1. The van der Waals surface area contributed by atoms with Crippen LogP contribution in [0.3, 0.4) is 0 Å². The summed E-state index contributed by atoms with van der Waals surface area (Å²) in [6, 6.07) is 7.48. The predicted octanol–water partition coefficient (Wildman–Crippen LogP) is 6.77. The van der Waals surface area contributed by atoms with Crippen molar-refractivity contribution in [2.45, 2.75) is 103 Å². The first-order valence-corrected chi connectivity index (χ1v) is 20.5. The zero-order chi connectivity index (χ0) is 30.7. The van der Waals surface area contributed by atoms with Crippen LogP contribution in [0, 0.1) is 0 Å². The highest BCUT2D eigenvalue weighted by molar-refractivity contribution is 6.74. The summed E-state index contributed by atoms with van der Waals surface area (Å²) in [5.41, 5.74) is 2.31. The van der Waals surface area contributed by atoms with Crippen LogP contribution < -0.4 is 4.84 Å². The molecular formula is C28H42ClN7O4Si2. The number of fused-ring (bicyclic) bond motifs is 2. The molecule has 1 aromatic carbocycles. The highest BCUT2D eigenvalue weighted by Crippen LogP contribution is 2.43. The average molecular weight is 632 g/mol. The first-order chi connectivity index (χ1) is 19.5. The van der Waals surface area contributed by atoms with Gasteiger partial charge in [-0.05, 0) is 65.2 Å². The van der Waals surface area contributed by atoms with Crippen LogP contribution in [0.15, 0.2) is 30.6 Å². The van der Waals surface area contributed by atoms with Gasteiger partial charge in [0, 0.05) is 6.42 Å². The van der Waals surface area contributed by atoms with Crippen LogP contribution >= 0.6 is 11.6 Å². The molecular weight excluding hydrogens is 590 g/mol. The Hall–Kier alpha value is -2.43. The molecule has 0 N–H and O–H groups in total. The maximum absolute atomic E-state index is 6.94. The van der Waals surface area contributed by atoms with Crippen molar-refractivity contribution in [2.24, 2.45) is 0 Å². The molecule has 3 aromatic heterocycles. The summed E-state index contributed by atoms with van der Waals surface area (Å²) in [7, 11) is -4.11. The summed E-state index contributed by atoms with van der Waals surface area (Å²) in [6.45, 7) is 23.0. The van der Waals surface area contributed by atoms with Gasteiger partial charge in [-0.2, -0.15) is 9.97 Å². The van der Waals surface area contributed by atoms with Gasteiger partial charge in [-0.1, -0.05) is 58.5 Å². The number of hydrogen-bond acceptors (Lipinski definition) is 9. The zero-order valence-corrected chi connectivity index (χ0v) is 28.9. The van der Waals surface area contributed by atoms with Crippen LogP contribution in [0.25, 0.3) is 22.2 Å². The van der Waals surface area contributed by atoms with Gasteiger partial charge in [-0.15, -0.1) is 5.10 Å². The van der Waals surface area contributed by atoms with E-state index in [1.807, 2.05) is 28.8 Å². The van der Waals surface area contributed by atoms with Crippen molar-refractivity contribution in [2.75, 3.05) is 6.61 Å². The minimum Gasteiger partial charge on any atom is -0.414 e. The van der Waals surface area contributed by atoms with Crippen molar-refractivity contribution < 1.29 is 18.4 Å². The molecule has 3 atom stereocenters. The molecule has 14 heteroatoms. The van der Waals surface area contributed by atoms with E-state index in [2.05, 4.69) is 93.0 Å². The van der Waals surface area contributed by atoms with Crippen LogP contribution in [0.2, 0.25) is 41.5 Å². The normalized spacial score (nSPS) is 20.6. The molecule has 0 amide bonds. The summed E-state index contributed by atoms with van der Waals surface area (Å²) in [4.78, 5) is 20.7. The van der Waals surface area contributed by atoms with Crippen molar-refractivity contribution >= 4 is 50.4 Å². The van der Waals surface area contributed by atoms with Crippen LogP contribution in [-0.2, 0) is 13.6 Å². The molecule has 1 aliphatic heterocycles. The highest BCUT2D eigenvalue weighted by Gasteiger charge is 2.47. The van der Waals surface area contributed by atoms with Gasteiger partial charge >= 0.3 is 0 Å². The maximum Gasteiger partial charge on any atom is 0.281 e. The Kier molecular flexibility index (Phi) is 8.07. The van der Waals surface area contributed by atoms with Crippen molar-refractivity contribution in [3.05, 3.63) is 35.9 Å². The number of ether oxygens (including phenoxy) is 1. The highest BCUT2D eigenvalue weighted by atomic mass is 35.5. The van der Waals surface area contributed by atoms with E-state index >= 15 is 0 Å². The average Bonchev–Trinajstić information content (AvgIpc) is 3.58. The van der Waals surface area contributed by atoms with Gasteiger partial charge in [0.1, 0.15) is 23.4 Å². The van der Waals surface area contributed by atoms with Crippen molar-refractivity contribution in [1.82, 2.24) is 34.7 Å². The summed E-state index contributed by atoms with van der Waals surface area (Å²) >= 11 is 6.39. The molecule has 0 saturated carbocycles. The van der Waals surface area contributed by atoms with E-state index in [0.29, 0.717) is 35.2 Å². The largest absolute Gasteiger partial charge is 0.414 e. The minimum absolute atomic E-state index is 0.0218. The fraction of sp³-hybridized carbons (Fsp3) is 0.607. The first-order valence-electron chi connectivity index (χ1n) is 14.3. The van der Waals surface area contributed by atoms with Gasteiger partial charge in [-0.25, -0.2) is 4.98 Å². The van der Waals surface area contributed by atoms with Gasteiger partial charge in [-0.3, -0.25) is 4.57 Å². The van der Waals surface area contributed by atoms with E-state index in [4.69, 9.17) is 30.0 Å². The van der Waals surface area contributed by atoms with Gasteiger partial charge < -0.3 is 18.4 Å². The first kappa shape index (κ1) is 31.0. The van der Waals surface area contributed by atoms with Crippen LogP contribution in [0.4, 0.5) is 0 Å². The number of aromatic nitrogens is 7. The summed E-state index contributed by atoms with van der Waals surface area (Å²) in [5.74, 6) is 0.171. The molecule has 42 heavy (non-hydrogen) atoms. The van der Waals surface area contributed by atoms with Crippen molar-refractivity contribution in [3.63, 3.8) is 0 Å². The van der Waals surface area contributed by atoms with Crippen molar-refractivity contribution in [3.8, 4) is 5.88 Å². The molecule has 228 valence electrons. The lowest BCUT2D eigenvalue weighted by molar-refractivity contribution is -0.0383. The lowest BCUT2D eigenvalue weighted by Gasteiger charge is -2.40. The van der Waals surface area contributed by atoms with Gasteiger partial charge in [0.05, 0.1) is 19.0 Å². The van der Waals surface area contributed by atoms with E-state index in [-0.39, 0.29) is 39.7 Å². The number of hydrogen-bond donors (Lipinski definition) is 0. The summed E-state index contributed by atoms with van der Waals surface area (Å²) in [6.07, 6.45) is 1.53. The summed E-state index contributed by atoms with van der Waals surface area (Å²) < 4.78 is 22.1. The Morgan fingerprint density at radius 2 is 1.69 bits per heavy atom. The molecule has 0 spiro atoms. The Morgan fingerprint density at radius 1 is 1.00 bits per heavy atom. The number of halogens is 1. The quantitative estimate of drug-likeness (QED) is 0.154. The zero-order valence-electron chi connectivity index (χ0n) is 26.2.